The zero-order chi connectivity index (χ0) is 27.6. The third-order valence-corrected chi connectivity index (χ3v) is 20.1. The van der Waals surface area contributed by atoms with Gasteiger partial charge in [-0.05, 0) is 0 Å². The molecule has 3 aromatic rings. The zero-order valence-electron chi connectivity index (χ0n) is 24.2. The molecule has 0 saturated heterocycles. The van der Waals surface area contributed by atoms with E-state index in [0.717, 1.165) is 24.3 Å². The van der Waals surface area contributed by atoms with Crippen molar-refractivity contribution in [3.8, 4) is 11.5 Å². The Morgan fingerprint density at radius 3 is 1.87 bits per heavy atom. The van der Waals surface area contributed by atoms with Crippen LogP contribution in [0.2, 0.25) is 29.6 Å². The molecule has 0 unspecified atom stereocenters. The summed E-state index contributed by atoms with van der Waals surface area (Å²) < 4.78 is 41.2. The summed E-state index contributed by atoms with van der Waals surface area (Å²) in [5.41, 5.74) is 3.09. The molecule has 6 nitrogen and oxygen atoms in total. The van der Waals surface area contributed by atoms with Gasteiger partial charge in [0.25, 0.3) is 0 Å². The summed E-state index contributed by atoms with van der Waals surface area (Å²) in [7, 11) is 0. The van der Waals surface area contributed by atoms with Gasteiger partial charge >= 0.3 is 246 Å². The van der Waals surface area contributed by atoms with E-state index in [0.29, 0.717) is 13.2 Å². The van der Waals surface area contributed by atoms with Gasteiger partial charge in [0.1, 0.15) is 0 Å². The number of fused-ring (bicyclic) bond motifs is 3. The van der Waals surface area contributed by atoms with Crippen molar-refractivity contribution < 1.29 is 28.4 Å². The van der Waals surface area contributed by atoms with Crippen LogP contribution in [0.3, 0.4) is 0 Å². The number of hydrogen-bond donors (Lipinski definition) is 0. The van der Waals surface area contributed by atoms with Crippen LogP contribution in [0.4, 0.5) is 0 Å². The van der Waals surface area contributed by atoms with Crippen molar-refractivity contribution in [2.45, 2.75) is 55.3 Å². The summed E-state index contributed by atoms with van der Waals surface area (Å²) in [6, 6.07) is 4.68. The Bertz CT molecular complexity index is 1350. The van der Waals surface area contributed by atoms with Gasteiger partial charge in [-0.25, -0.2) is 0 Å². The quantitative estimate of drug-likeness (QED) is 0.227. The molecule has 5 rings (SSSR count). The van der Waals surface area contributed by atoms with E-state index in [-0.39, 0.29) is 27.2 Å². The van der Waals surface area contributed by atoms with Crippen molar-refractivity contribution in [1.29, 1.82) is 0 Å². The van der Waals surface area contributed by atoms with Crippen LogP contribution in [0.25, 0.3) is 20.2 Å². The van der Waals surface area contributed by atoms with E-state index in [9.17, 15) is 0 Å². The first-order valence-corrected chi connectivity index (χ1v) is 34.8. The van der Waals surface area contributed by atoms with Crippen molar-refractivity contribution in [2.75, 3.05) is 40.4 Å². The Morgan fingerprint density at radius 2 is 1.26 bits per heavy atom. The second-order valence-electron chi connectivity index (χ2n) is 12.4. The van der Waals surface area contributed by atoms with Crippen LogP contribution >= 0.6 is 11.3 Å². The summed E-state index contributed by atoms with van der Waals surface area (Å²) in [5, 5.41) is 2.64. The van der Waals surface area contributed by atoms with Crippen LogP contribution in [0.5, 0.6) is 11.5 Å². The molecule has 0 atom stereocenters. The van der Waals surface area contributed by atoms with Crippen molar-refractivity contribution in [3.63, 3.8) is 0 Å². The van der Waals surface area contributed by atoms with Crippen LogP contribution in [0, 0.1) is 0 Å². The van der Waals surface area contributed by atoms with Crippen LogP contribution in [0.1, 0.15) is 24.0 Å². The predicted octanol–water partition coefficient (Wildman–Crippen LogP) is 6.25. The SMILES string of the molecule is [CH3][Sn]([CH3])([CH3])[c]1ccc2c3sc4c([c]([Sn]([CH3])([CH3])[CH3])c5c(c42)CCCC5)OCOCOC/C=C\COCOCOc13. The second-order valence-corrected chi connectivity index (χ2v) is 42.0. The average Bonchev–Trinajstić information content (AvgIpc) is 3.27. The predicted molar refractivity (Wildman–Crippen MR) is 166 cm³/mol. The molecule has 2 heterocycles. The van der Waals surface area contributed by atoms with Gasteiger partial charge in [-0.15, -0.1) is 0 Å². The molecule has 2 bridgehead atoms. The van der Waals surface area contributed by atoms with Crippen molar-refractivity contribution >= 4 is 75.4 Å². The molecule has 39 heavy (non-hydrogen) atoms. The number of ether oxygens (including phenoxy) is 6. The fourth-order valence-corrected chi connectivity index (χ4v) is 17.6. The Balaban J connectivity index is 1.74. The molecule has 0 radical (unpaired) electrons. The van der Waals surface area contributed by atoms with E-state index in [2.05, 4.69) is 41.8 Å². The van der Waals surface area contributed by atoms with Crippen LogP contribution in [-0.2, 0) is 31.8 Å². The molecule has 2 aliphatic rings. The van der Waals surface area contributed by atoms with E-state index in [1.165, 1.54) is 45.7 Å². The summed E-state index contributed by atoms with van der Waals surface area (Å²) in [6.07, 6.45) is 8.57. The maximum atomic E-state index is 6.60. The molecule has 0 spiro atoms. The van der Waals surface area contributed by atoms with E-state index in [4.69, 9.17) is 28.4 Å². The van der Waals surface area contributed by atoms with Gasteiger partial charge < -0.3 is 0 Å². The molecule has 212 valence electrons. The summed E-state index contributed by atoms with van der Waals surface area (Å²) in [5.74, 6) is 2.04. The van der Waals surface area contributed by atoms with Crippen LogP contribution in [-0.4, -0.2) is 77.1 Å². The van der Waals surface area contributed by atoms with E-state index in [1.54, 1.807) is 5.56 Å². The molecule has 0 amide bonds. The number of hydrogen-bond acceptors (Lipinski definition) is 7. The van der Waals surface area contributed by atoms with Crippen LogP contribution in [0.15, 0.2) is 24.3 Å². The second kappa shape index (κ2) is 12.8. The van der Waals surface area contributed by atoms with Crippen molar-refractivity contribution in [2.24, 2.45) is 0 Å². The Morgan fingerprint density at radius 1 is 0.641 bits per heavy atom. The molecule has 2 aromatic carbocycles. The number of benzene rings is 2. The Labute approximate surface area is 244 Å². The number of thiophene rings is 1. The van der Waals surface area contributed by atoms with E-state index >= 15 is 0 Å². The fourth-order valence-electron chi connectivity index (χ4n) is 5.72. The van der Waals surface area contributed by atoms with Gasteiger partial charge in [0.2, 0.25) is 0 Å². The average molecular weight is 768 g/mol. The number of rotatable bonds is 2. The third kappa shape index (κ3) is 6.59. The van der Waals surface area contributed by atoms with Gasteiger partial charge in [-0.2, -0.15) is 0 Å². The monoisotopic (exact) mass is 770 g/mol. The molecule has 0 fully saturated rings. The van der Waals surface area contributed by atoms with Gasteiger partial charge in [0, 0.05) is 0 Å². The van der Waals surface area contributed by atoms with Crippen LogP contribution < -0.4 is 16.6 Å². The molecule has 1 aliphatic heterocycles. The Hall–Kier alpha value is -0.563. The Kier molecular flexibility index (Phi) is 9.78. The van der Waals surface area contributed by atoms with E-state index in [1.807, 2.05) is 23.5 Å². The standard InChI is InChI=1S/C24H24O6S.6CH3.2Sn/c1-2-7-18-17(6-1)12-21-24-22(18)19-8-5-9-20(23(19)31-24)29-15-27-13-25-10-3-4-11-26-14-28-16-30-21;;;;;;;;/h3-5,8H,1-2,6-7,10-11,13-16H2;6*1H3;;/b4-3-;;;;;;;;. The van der Waals surface area contributed by atoms with Gasteiger partial charge in [0.15, 0.2) is 0 Å². The first-order valence-electron chi connectivity index (χ1n) is 14.0. The molecular weight excluding hydrogens is 726 g/mol. The van der Waals surface area contributed by atoms with E-state index < -0.39 is 36.8 Å². The molecule has 0 N–H and O–H groups in total. The third-order valence-electron chi connectivity index (χ3n) is 7.38. The topological polar surface area (TPSA) is 55.4 Å². The first kappa shape index (κ1) is 29.9. The minimum absolute atomic E-state index is 0.161. The maximum absolute atomic E-state index is 6.60. The fraction of sp³-hybridized carbons (Fsp3) is 0.533. The minimum atomic E-state index is -2.61. The molecule has 9 heteroatoms. The molecule has 1 aromatic heterocycles. The van der Waals surface area contributed by atoms with Gasteiger partial charge in [-0.1, -0.05) is 0 Å². The summed E-state index contributed by atoms with van der Waals surface area (Å²) in [4.78, 5) is 14.8. The normalized spacial score (nSPS) is 19.2. The van der Waals surface area contributed by atoms with Gasteiger partial charge in [0.05, 0.1) is 0 Å². The van der Waals surface area contributed by atoms with Crippen molar-refractivity contribution in [3.05, 3.63) is 35.4 Å². The van der Waals surface area contributed by atoms with Gasteiger partial charge in [-0.3, -0.25) is 0 Å². The molecule has 1 aliphatic carbocycles. The number of aryl methyl sites for hydroxylation is 1. The molecular formula is C30H42O6SSn2. The summed E-state index contributed by atoms with van der Waals surface area (Å²) >= 11 is -3.31. The first-order chi connectivity index (χ1) is 18.7. The summed E-state index contributed by atoms with van der Waals surface area (Å²) in [6.45, 7) is 1.61. The van der Waals surface area contributed by atoms with Crippen molar-refractivity contribution in [1.82, 2.24) is 0 Å². The zero-order valence-corrected chi connectivity index (χ0v) is 30.8. The molecule has 0 saturated carbocycles.